The number of rotatable bonds is 5. The third-order valence-corrected chi connectivity index (χ3v) is 3.07. The highest BCUT2D eigenvalue weighted by atomic mass is 19.1. The first-order valence-corrected chi connectivity index (χ1v) is 6.78. The zero-order valence-corrected chi connectivity index (χ0v) is 12.0. The van der Waals surface area contributed by atoms with E-state index in [0.717, 1.165) is 0 Å². The Balaban J connectivity index is 2.12. The predicted molar refractivity (Wildman–Crippen MR) is 79.0 cm³/mol. The van der Waals surface area contributed by atoms with Crippen molar-refractivity contribution in [2.24, 2.45) is 0 Å². The van der Waals surface area contributed by atoms with Crippen LogP contribution in [0, 0.1) is 5.82 Å². The van der Waals surface area contributed by atoms with Gasteiger partial charge in [0.05, 0.1) is 11.3 Å². The Morgan fingerprint density at radius 1 is 1.19 bits per heavy atom. The molecule has 0 aliphatic carbocycles. The molecular formula is C15H17FN4O. The highest BCUT2D eigenvalue weighted by Crippen LogP contribution is 2.16. The molecule has 0 fully saturated rings. The minimum absolute atomic E-state index is 0.113. The lowest BCUT2D eigenvalue weighted by Crippen LogP contribution is -2.30. The van der Waals surface area contributed by atoms with Gasteiger partial charge in [0, 0.05) is 25.5 Å². The van der Waals surface area contributed by atoms with Crippen LogP contribution >= 0.6 is 0 Å². The highest BCUT2D eigenvalue weighted by Gasteiger charge is 2.13. The SMILES string of the molecule is CCN(CC)C(=O)c1cnc(Nc2ccccc2F)nc1. The summed E-state index contributed by atoms with van der Waals surface area (Å²) in [6.07, 6.45) is 2.88. The van der Waals surface area contributed by atoms with Gasteiger partial charge in [0.15, 0.2) is 0 Å². The molecule has 0 atom stereocenters. The van der Waals surface area contributed by atoms with E-state index >= 15 is 0 Å². The third kappa shape index (κ3) is 3.53. The number of hydrogen-bond acceptors (Lipinski definition) is 4. The van der Waals surface area contributed by atoms with Crippen molar-refractivity contribution in [3.8, 4) is 0 Å². The number of benzene rings is 1. The molecule has 0 aliphatic heterocycles. The van der Waals surface area contributed by atoms with Crippen molar-refractivity contribution in [1.82, 2.24) is 14.9 Å². The number of anilines is 2. The Morgan fingerprint density at radius 2 is 1.81 bits per heavy atom. The van der Waals surface area contributed by atoms with Gasteiger partial charge in [0.2, 0.25) is 5.95 Å². The fourth-order valence-electron chi connectivity index (χ4n) is 1.88. The largest absolute Gasteiger partial charge is 0.339 e. The van der Waals surface area contributed by atoms with Crippen molar-refractivity contribution in [1.29, 1.82) is 0 Å². The van der Waals surface area contributed by atoms with E-state index in [0.29, 0.717) is 24.3 Å². The Kier molecular flexibility index (Phi) is 4.81. The summed E-state index contributed by atoms with van der Waals surface area (Å²) >= 11 is 0. The van der Waals surface area contributed by atoms with Gasteiger partial charge in [-0.3, -0.25) is 4.79 Å². The average Bonchev–Trinajstić information content (AvgIpc) is 2.51. The number of hydrogen-bond donors (Lipinski definition) is 1. The summed E-state index contributed by atoms with van der Waals surface area (Å²) in [4.78, 5) is 21.9. The maximum atomic E-state index is 13.5. The van der Waals surface area contributed by atoms with Crippen molar-refractivity contribution in [2.75, 3.05) is 18.4 Å². The van der Waals surface area contributed by atoms with E-state index < -0.39 is 0 Å². The summed E-state index contributed by atoms with van der Waals surface area (Å²) in [6.45, 7) is 5.09. The van der Waals surface area contributed by atoms with Gasteiger partial charge in [-0.1, -0.05) is 12.1 Å². The lowest BCUT2D eigenvalue weighted by atomic mass is 10.3. The number of amides is 1. The van der Waals surface area contributed by atoms with E-state index in [4.69, 9.17) is 0 Å². The molecule has 1 N–H and O–H groups in total. The third-order valence-electron chi connectivity index (χ3n) is 3.07. The molecule has 1 aromatic carbocycles. The molecule has 21 heavy (non-hydrogen) atoms. The van der Waals surface area contributed by atoms with Crippen LogP contribution in [0.1, 0.15) is 24.2 Å². The second-order valence-electron chi connectivity index (χ2n) is 4.38. The van der Waals surface area contributed by atoms with Gasteiger partial charge < -0.3 is 10.2 Å². The van der Waals surface area contributed by atoms with Crippen LogP contribution in [0.5, 0.6) is 0 Å². The molecule has 5 nitrogen and oxygen atoms in total. The molecule has 1 amide bonds. The molecule has 0 unspecified atom stereocenters. The number of carbonyl (C=O) groups excluding carboxylic acids is 1. The average molecular weight is 288 g/mol. The van der Waals surface area contributed by atoms with Crippen LogP contribution in [-0.4, -0.2) is 33.9 Å². The van der Waals surface area contributed by atoms with Crippen LogP contribution in [0.25, 0.3) is 0 Å². The fourth-order valence-corrected chi connectivity index (χ4v) is 1.88. The monoisotopic (exact) mass is 288 g/mol. The zero-order valence-electron chi connectivity index (χ0n) is 12.0. The number of halogens is 1. The smallest absolute Gasteiger partial charge is 0.256 e. The topological polar surface area (TPSA) is 58.1 Å². The van der Waals surface area contributed by atoms with Crippen molar-refractivity contribution in [2.45, 2.75) is 13.8 Å². The Hall–Kier alpha value is -2.50. The number of aromatic nitrogens is 2. The molecule has 1 aromatic heterocycles. The van der Waals surface area contributed by atoms with E-state index in [1.807, 2.05) is 13.8 Å². The molecule has 6 heteroatoms. The molecule has 110 valence electrons. The molecule has 2 rings (SSSR count). The van der Waals surface area contributed by atoms with Crippen LogP contribution in [0.4, 0.5) is 16.0 Å². The second kappa shape index (κ2) is 6.78. The molecule has 0 spiro atoms. The quantitative estimate of drug-likeness (QED) is 0.919. The maximum absolute atomic E-state index is 13.5. The first kappa shape index (κ1) is 14.9. The minimum Gasteiger partial charge on any atom is -0.339 e. The first-order chi connectivity index (χ1) is 10.2. The summed E-state index contributed by atoms with van der Waals surface area (Å²) in [5.74, 6) is -0.252. The summed E-state index contributed by atoms with van der Waals surface area (Å²) in [6, 6.07) is 6.26. The highest BCUT2D eigenvalue weighted by molar-refractivity contribution is 5.93. The van der Waals surface area contributed by atoms with Crippen molar-refractivity contribution >= 4 is 17.5 Å². The fraction of sp³-hybridized carbons (Fsp3) is 0.267. The van der Waals surface area contributed by atoms with Gasteiger partial charge >= 0.3 is 0 Å². The standard InChI is InChI=1S/C15H17FN4O/c1-3-20(4-2)14(21)11-9-17-15(18-10-11)19-13-8-6-5-7-12(13)16/h5-10H,3-4H2,1-2H3,(H,17,18,19). The lowest BCUT2D eigenvalue weighted by Gasteiger charge is -2.18. The molecule has 0 saturated heterocycles. The number of nitrogens with one attached hydrogen (secondary N) is 1. The number of para-hydroxylation sites is 1. The Morgan fingerprint density at radius 3 is 2.38 bits per heavy atom. The maximum Gasteiger partial charge on any atom is 0.256 e. The van der Waals surface area contributed by atoms with Gasteiger partial charge in [-0.15, -0.1) is 0 Å². The van der Waals surface area contributed by atoms with E-state index in [-0.39, 0.29) is 17.7 Å². The first-order valence-electron chi connectivity index (χ1n) is 6.78. The number of nitrogens with zero attached hydrogens (tertiary/aromatic N) is 3. The van der Waals surface area contributed by atoms with Gasteiger partial charge in [0.1, 0.15) is 5.82 Å². The molecule has 0 radical (unpaired) electrons. The van der Waals surface area contributed by atoms with Crippen LogP contribution in [-0.2, 0) is 0 Å². The van der Waals surface area contributed by atoms with Gasteiger partial charge in [-0.2, -0.15) is 0 Å². The summed E-state index contributed by atoms with van der Waals surface area (Å²) in [7, 11) is 0. The molecule has 0 saturated carbocycles. The van der Waals surface area contributed by atoms with Crippen molar-refractivity contribution < 1.29 is 9.18 Å². The van der Waals surface area contributed by atoms with E-state index in [1.54, 1.807) is 23.1 Å². The normalized spacial score (nSPS) is 10.2. The molecule has 2 aromatic rings. The molecule has 0 aliphatic rings. The Bertz CT molecular complexity index is 611. The van der Waals surface area contributed by atoms with Gasteiger partial charge in [-0.05, 0) is 26.0 Å². The van der Waals surface area contributed by atoms with Crippen molar-refractivity contribution in [3.63, 3.8) is 0 Å². The van der Waals surface area contributed by atoms with E-state index in [2.05, 4.69) is 15.3 Å². The van der Waals surface area contributed by atoms with Crippen LogP contribution in [0.2, 0.25) is 0 Å². The summed E-state index contributed by atoms with van der Waals surface area (Å²) < 4.78 is 13.5. The van der Waals surface area contributed by atoms with Crippen molar-refractivity contribution in [3.05, 3.63) is 48.0 Å². The van der Waals surface area contributed by atoms with Gasteiger partial charge in [-0.25, -0.2) is 14.4 Å². The summed E-state index contributed by atoms with van der Waals surface area (Å²) in [5.41, 5.74) is 0.707. The van der Waals surface area contributed by atoms with Crippen LogP contribution < -0.4 is 5.32 Å². The van der Waals surface area contributed by atoms with Crippen LogP contribution in [0.15, 0.2) is 36.7 Å². The predicted octanol–water partition coefficient (Wildman–Crippen LogP) is 2.84. The minimum atomic E-state index is -0.385. The van der Waals surface area contributed by atoms with E-state index in [1.165, 1.54) is 18.5 Å². The van der Waals surface area contributed by atoms with Gasteiger partial charge in [0.25, 0.3) is 5.91 Å². The lowest BCUT2D eigenvalue weighted by molar-refractivity contribution is 0.0772. The summed E-state index contributed by atoms with van der Waals surface area (Å²) in [5, 5.41) is 2.77. The second-order valence-corrected chi connectivity index (χ2v) is 4.38. The Labute approximate surface area is 122 Å². The molecule has 1 heterocycles. The zero-order chi connectivity index (χ0) is 15.2. The molecular weight excluding hydrogens is 271 g/mol. The van der Waals surface area contributed by atoms with E-state index in [9.17, 15) is 9.18 Å². The number of carbonyl (C=O) groups is 1. The van der Waals surface area contributed by atoms with Crippen LogP contribution in [0.3, 0.4) is 0 Å². The molecule has 0 bridgehead atoms.